The van der Waals surface area contributed by atoms with Crippen molar-refractivity contribution in [1.29, 1.82) is 0 Å². The highest BCUT2D eigenvalue weighted by Gasteiger charge is 2.13. The summed E-state index contributed by atoms with van der Waals surface area (Å²) in [6.45, 7) is 1.61. The van der Waals surface area contributed by atoms with Crippen molar-refractivity contribution in [2.75, 3.05) is 6.79 Å². The molecule has 5 nitrogen and oxygen atoms in total. The normalized spacial score (nSPS) is 13.0. The van der Waals surface area contributed by atoms with Gasteiger partial charge < -0.3 is 14.0 Å². The Morgan fingerprint density at radius 2 is 2.07 bits per heavy atom. The molecule has 0 spiro atoms. The fourth-order valence-corrected chi connectivity index (χ4v) is 4.30. The third kappa shape index (κ3) is 3.37. The van der Waals surface area contributed by atoms with E-state index in [1.807, 2.05) is 42.7 Å². The summed E-state index contributed by atoms with van der Waals surface area (Å²) in [5, 5.41) is 1.17. The number of aliphatic imine (C=N–C) groups is 1. The van der Waals surface area contributed by atoms with Crippen LogP contribution in [0.25, 0.3) is 10.9 Å². The van der Waals surface area contributed by atoms with Crippen molar-refractivity contribution in [3.8, 4) is 11.5 Å². The topological polar surface area (TPSA) is 48.6 Å². The minimum Gasteiger partial charge on any atom is -0.454 e. The number of nitrogens with zero attached hydrogens (tertiary/aromatic N) is 3. The fourth-order valence-electron chi connectivity index (χ4n) is 3.32. The van der Waals surface area contributed by atoms with Gasteiger partial charge in [-0.3, -0.25) is 4.99 Å². The van der Waals surface area contributed by atoms with Crippen LogP contribution in [0.4, 0.5) is 0 Å². The lowest BCUT2D eigenvalue weighted by atomic mass is 10.2. The van der Waals surface area contributed by atoms with Gasteiger partial charge in [-0.25, -0.2) is 4.98 Å². The predicted molar refractivity (Wildman–Crippen MR) is 112 cm³/mol. The number of benzene rings is 2. The molecule has 2 aromatic carbocycles. The van der Waals surface area contributed by atoms with Crippen LogP contribution in [0.2, 0.25) is 4.47 Å². The Kier molecular flexibility index (Phi) is 4.50. The summed E-state index contributed by atoms with van der Waals surface area (Å²) < 4.78 is 13.6. The van der Waals surface area contributed by atoms with Crippen molar-refractivity contribution in [2.45, 2.75) is 13.1 Å². The monoisotopic (exact) mass is 409 g/mol. The summed E-state index contributed by atoms with van der Waals surface area (Å²) in [4.78, 5) is 9.90. The van der Waals surface area contributed by atoms with Crippen LogP contribution >= 0.6 is 22.9 Å². The molecule has 0 unspecified atom stereocenters. The first-order valence-electron chi connectivity index (χ1n) is 8.83. The largest absolute Gasteiger partial charge is 0.454 e. The van der Waals surface area contributed by atoms with Crippen LogP contribution < -0.4 is 9.47 Å². The third-order valence-electron chi connectivity index (χ3n) is 4.61. The Balaban J connectivity index is 1.40. The zero-order chi connectivity index (χ0) is 18.9. The Bertz CT molecular complexity index is 1180. The molecule has 0 aliphatic carbocycles. The van der Waals surface area contributed by atoms with Crippen LogP contribution in [0.15, 0.2) is 59.9 Å². The molecule has 28 heavy (non-hydrogen) atoms. The van der Waals surface area contributed by atoms with Gasteiger partial charge in [0.05, 0.1) is 13.1 Å². The highest BCUT2D eigenvalue weighted by Crippen LogP contribution is 2.32. The molecule has 4 aromatic rings. The minimum atomic E-state index is 0.284. The summed E-state index contributed by atoms with van der Waals surface area (Å²) in [7, 11) is 0. The van der Waals surface area contributed by atoms with E-state index in [4.69, 9.17) is 21.1 Å². The van der Waals surface area contributed by atoms with Crippen LogP contribution in [0, 0.1) is 0 Å². The average molecular weight is 410 g/mol. The molecule has 1 aliphatic heterocycles. The Morgan fingerprint density at radius 3 is 2.96 bits per heavy atom. The molecule has 0 amide bonds. The van der Waals surface area contributed by atoms with E-state index in [0.717, 1.165) is 39.6 Å². The summed E-state index contributed by atoms with van der Waals surface area (Å²) >= 11 is 7.48. The molecule has 140 valence electrons. The van der Waals surface area contributed by atoms with E-state index >= 15 is 0 Å². The molecule has 0 atom stereocenters. The second-order valence-electron chi connectivity index (χ2n) is 6.47. The summed E-state index contributed by atoms with van der Waals surface area (Å²) in [6.07, 6.45) is 5.89. The van der Waals surface area contributed by atoms with Crippen LogP contribution in [0.1, 0.15) is 16.0 Å². The molecule has 0 saturated heterocycles. The number of fused-ring (bicyclic) bond motifs is 2. The van der Waals surface area contributed by atoms with E-state index < -0.39 is 0 Å². The van der Waals surface area contributed by atoms with Gasteiger partial charge in [0, 0.05) is 40.0 Å². The number of ether oxygens (including phenoxy) is 2. The lowest BCUT2D eigenvalue weighted by Gasteiger charge is -2.01. The summed E-state index contributed by atoms with van der Waals surface area (Å²) in [6, 6.07) is 14.3. The first kappa shape index (κ1) is 17.3. The zero-order valence-corrected chi connectivity index (χ0v) is 16.4. The smallest absolute Gasteiger partial charge is 0.231 e. The Labute approximate surface area is 170 Å². The van der Waals surface area contributed by atoms with Gasteiger partial charge in [0.2, 0.25) is 6.79 Å². The van der Waals surface area contributed by atoms with Crippen LogP contribution in [0.5, 0.6) is 11.5 Å². The molecule has 7 heteroatoms. The SMILES string of the molecule is Clc1ncc(Cn2cc(C=NCc3ccc4c(c3)OCO4)c3ccccc32)s1. The maximum absolute atomic E-state index is 5.97. The van der Waals surface area contributed by atoms with E-state index in [1.165, 1.54) is 16.7 Å². The second-order valence-corrected chi connectivity index (χ2v) is 8.16. The molecule has 5 rings (SSSR count). The standard InChI is InChI=1S/C21H16ClN3O2S/c22-21-24-10-16(28-21)12-25-11-15(17-3-1-2-4-18(17)25)9-23-8-14-5-6-19-20(7-14)27-13-26-19/h1-7,9-11H,8,12-13H2. The van der Waals surface area contributed by atoms with Gasteiger partial charge in [0.15, 0.2) is 16.0 Å². The average Bonchev–Trinajstić information content (AvgIpc) is 3.42. The highest BCUT2D eigenvalue weighted by atomic mass is 35.5. The van der Waals surface area contributed by atoms with Crippen LogP contribution in [-0.2, 0) is 13.1 Å². The van der Waals surface area contributed by atoms with Crippen molar-refractivity contribution in [1.82, 2.24) is 9.55 Å². The number of aromatic nitrogens is 2. The lowest BCUT2D eigenvalue weighted by Crippen LogP contribution is -1.95. The van der Waals surface area contributed by atoms with Crippen molar-refractivity contribution in [3.05, 3.63) is 75.3 Å². The molecular weight excluding hydrogens is 394 g/mol. The van der Waals surface area contributed by atoms with Crippen LogP contribution in [-0.4, -0.2) is 22.6 Å². The number of thiazole rings is 1. The molecule has 0 fully saturated rings. The highest BCUT2D eigenvalue weighted by molar-refractivity contribution is 7.15. The van der Waals surface area contributed by atoms with E-state index in [1.54, 1.807) is 0 Å². The molecule has 0 N–H and O–H groups in total. The van der Waals surface area contributed by atoms with E-state index in [9.17, 15) is 0 Å². The fraction of sp³-hybridized carbons (Fsp3) is 0.143. The van der Waals surface area contributed by atoms with Gasteiger partial charge in [-0.2, -0.15) is 0 Å². The molecule has 2 aromatic heterocycles. The van der Waals surface area contributed by atoms with Crippen molar-refractivity contribution >= 4 is 40.1 Å². The summed E-state index contributed by atoms with van der Waals surface area (Å²) in [5.41, 5.74) is 3.34. The predicted octanol–water partition coefficient (Wildman–Crippen LogP) is 5.15. The van der Waals surface area contributed by atoms with E-state index in [2.05, 4.69) is 32.9 Å². The number of rotatable bonds is 5. The quantitative estimate of drug-likeness (QED) is 0.428. The first-order chi connectivity index (χ1) is 13.8. The molecule has 0 bridgehead atoms. The van der Waals surface area contributed by atoms with Gasteiger partial charge in [-0.1, -0.05) is 35.9 Å². The zero-order valence-electron chi connectivity index (χ0n) is 14.8. The van der Waals surface area contributed by atoms with Crippen molar-refractivity contribution in [2.24, 2.45) is 4.99 Å². The maximum atomic E-state index is 5.97. The first-order valence-corrected chi connectivity index (χ1v) is 10.0. The van der Waals surface area contributed by atoms with E-state index in [-0.39, 0.29) is 6.79 Å². The van der Waals surface area contributed by atoms with Crippen molar-refractivity contribution < 1.29 is 9.47 Å². The number of hydrogen-bond acceptors (Lipinski definition) is 5. The lowest BCUT2D eigenvalue weighted by molar-refractivity contribution is 0.174. The van der Waals surface area contributed by atoms with Crippen LogP contribution in [0.3, 0.4) is 0 Å². The molecule has 3 heterocycles. The molecular formula is C21H16ClN3O2S. The van der Waals surface area contributed by atoms with Gasteiger partial charge in [-0.15, -0.1) is 11.3 Å². The van der Waals surface area contributed by atoms with Gasteiger partial charge in [0.25, 0.3) is 0 Å². The second kappa shape index (κ2) is 7.30. The molecule has 1 aliphatic rings. The maximum Gasteiger partial charge on any atom is 0.231 e. The van der Waals surface area contributed by atoms with Gasteiger partial charge in [0.1, 0.15) is 0 Å². The van der Waals surface area contributed by atoms with Crippen molar-refractivity contribution in [3.63, 3.8) is 0 Å². The number of para-hydroxylation sites is 1. The minimum absolute atomic E-state index is 0.284. The number of hydrogen-bond donors (Lipinski definition) is 0. The van der Waals surface area contributed by atoms with Gasteiger partial charge in [-0.05, 0) is 23.8 Å². The van der Waals surface area contributed by atoms with E-state index in [0.29, 0.717) is 11.0 Å². The van der Waals surface area contributed by atoms with Gasteiger partial charge >= 0.3 is 0 Å². The number of halogens is 1. The summed E-state index contributed by atoms with van der Waals surface area (Å²) in [5.74, 6) is 1.58. The Morgan fingerprint density at radius 1 is 1.18 bits per heavy atom. The molecule has 0 radical (unpaired) electrons. The third-order valence-corrected chi connectivity index (χ3v) is 5.71. The molecule has 0 saturated carbocycles. The Hall–Kier alpha value is -2.83.